The van der Waals surface area contributed by atoms with Crippen LogP contribution >= 0.6 is 15.9 Å². The lowest BCUT2D eigenvalue weighted by Crippen LogP contribution is -2.28. The summed E-state index contributed by atoms with van der Waals surface area (Å²) >= 11 is 3.30. The quantitative estimate of drug-likeness (QED) is 0.907. The van der Waals surface area contributed by atoms with Crippen molar-refractivity contribution in [3.8, 4) is 0 Å². The van der Waals surface area contributed by atoms with Crippen molar-refractivity contribution in [3.63, 3.8) is 0 Å². The van der Waals surface area contributed by atoms with Crippen molar-refractivity contribution >= 4 is 21.6 Å². The van der Waals surface area contributed by atoms with Crippen molar-refractivity contribution in [2.45, 2.75) is 39.2 Å². The minimum Gasteiger partial charge on any atom is -0.380 e. The molecule has 2 rings (SSSR count). The van der Waals surface area contributed by atoms with Gasteiger partial charge in [0.1, 0.15) is 10.6 Å². The maximum Gasteiger partial charge on any atom is 0.283 e. The highest BCUT2D eigenvalue weighted by molar-refractivity contribution is 9.10. The first-order chi connectivity index (χ1) is 8.93. The molecule has 1 unspecified atom stereocenters. The molecule has 7 heteroatoms. The van der Waals surface area contributed by atoms with Crippen molar-refractivity contribution in [1.29, 1.82) is 0 Å². The van der Waals surface area contributed by atoms with Gasteiger partial charge < -0.3 is 14.8 Å². The standard InChI is InChI=1S/C12H18BrN3O3/c1-4-16-11(17)10(13)9(6-15-16)14-5-8-7-18-12(2,3)19-8/h6,8,14H,4-5,7H2,1-3H3. The van der Waals surface area contributed by atoms with Crippen LogP contribution in [-0.2, 0) is 16.0 Å². The molecule has 1 aromatic heterocycles. The van der Waals surface area contributed by atoms with Crippen LogP contribution < -0.4 is 10.9 Å². The topological polar surface area (TPSA) is 65.4 Å². The van der Waals surface area contributed by atoms with E-state index in [4.69, 9.17) is 9.47 Å². The van der Waals surface area contributed by atoms with Gasteiger partial charge >= 0.3 is 0 Å². The Morgan fingerprint density at radius 3 is 2.95 bits per heavy atom. The molecule has 1 N–H and O–H groups in total. The molecule has 1 saturated heterocycles. The molecule has 0 bridgehead atoms. The van der Waals surface area contributed by atoms with Crippen LogP contribution in [0, 0.1) is 0 Å². The summed E-state index contributed by atoms with van der Waals surface area (Å²) < 4.78 is 13.0. The number of ether oxygens (including phenoxy) is 2. The second-order valence-electron chi connectivity index (χ2n) is 4.82. The summed E-state index contributed by atoms with van der Waals surface area (Å²) in [7, 11) is 0. The first-order valence-corrected chi connectivity index (χ1v) is 7.03. The predicted molar refractivity (Wildman–Crippen MR) is 75.3 cm³/mol. The molecule has 106 valence electrons. The summed E-state index contributed by atoms with van der Waals surface area (Å²) in [5.41, 5.74) is 0.527. The number of aromatic nitrogens is 2. The average Bonchev–Trinajstić information content (AvgIpc) is 2.71. The van der Waals surface area contributed by atoms with E-state index in [1.54, 1.807) is 6.20 Å². The van der Waals surface area contributed by atoms with E-state index in [0.717, 1.165) is 0 Å². The molecule has 1 aromatic rings. The minimum absolute atomic E-state index is 0.0319. The number of halogens is 1. The molecule has 0 radical (unpaired) electrons. The summed E-state index contributed by atoms with van der Waals surface area (Å²) in [4.78, 5) is 11.9. The lowest BCUT2D eigenvalue weighted by atomic mass is 10.3. The van der Waals surface area contributed by atoms with E-state index >= 15 is 0 Å². The largest absolute Gasteiger partial charge is 0.380 e. The van der Waals surface area contributed by atoms with Gasteiger partial charge in [0, 0.05) is 13.1 Å². The van der Waals surface area contributed by atoms with Crippen LogP contribution in [-0.4, -0.2) is 34.8 Å². The first kappa shape index (κ1) is 14.5. The van der Waals surface area contributed by atoms with E-state index < -0.39 is 5.79 Å². The second-order valence-corrected chi connectivity index (χ2v) is 5.62. The van der Waals surface area contributed by atoms with Crippen molar-refractivity contribution in [2.75, 3.05) is 18.5 Å². The Morgan fingerprint density at radius 2 is 2.37 bits per heavy atom. The smallest absolute Gasteiger partial charge is 0.283 e. The molecule has 0 spiro atoms. The van der Waals surface area contributed by atoms with Crippen LogP contribution in [0.5, 0.6) is 0 Å². The molecule has 1 aliphatic heterocycles. The van der Waals surface area contributed by atoms with Gasteiger partial charge in [-0.05, 0) is 36.7 Å². The van der Waals surface area contributed by atoms with Gasteiger partial charge in [0.15, 0.2) is 5.79 Å². The fraction of sp³-hybridized carbons (Fsp3) is 0.667. The summed E-state index contributed by atoms with van der Waals surface area (Å²) in [6.45, 7) is 7.29. The zero-order valence-electron chi connectivity index (χ0n) is 11.3. The Bertz CT molecular complexity index is 515. The third-order valence-corrected chi connectivity index (χ3v) is 3.64. The van der Waals surface area contributed by atoms with E-state index in [-0.39, 0.29) is 11.7 Å². The molecule has 0 aliphatic carbocycles. The van der Waals surface area contributed by atoms with Crippen LogP contribution in [0.4, 0.5) is 5.69 Å². The molecule has 0 aromatic carbocycles. The van der Waals surface area contributed by atoms with Crippen LogP contribution in [0.3, 0.4) is 0 Å². The van der Waals surface area contributed by atoms with E-state index in [2.05, 4.69) is 26.3 Å². The van der Waals surface area contributed by atoms with E-state index in [1.807, 2.05) is 20.8 Å². The van der Waals surface area contributed by atoms with E-state index in [0.29, 0.717) is 29.9 Å². The highest BCUT2D eigenvalue weighted by Crippen LogP contribution is 2.23. The van der Waals surface area contributed by atoms with Gasteiger partial charge in [0.05, 0.1) is 18.5 Å². The average molecular weight is 332 g/mol. The number of hydrogen-bond donors (Lipinski definition) is 1. The van der Waals surface area contributed by atoms with Gasteiger partial charge in [-0.15, -0.1) is 0 Å². The number of anilines is 1. The molecule has 2 heterocycles. The summed E-state index contributed by atoms with van der Waals surface area (Å²) in [5, 5.41) is 7.23. The lowest BCUT2D eigenvalue weighted by Gasteiger charge is -2.17. The van der Waals surface area contributed by atoms with Gasteiger partial charge in [-0.1, -0.05) is 0 Å². The van der Waals surface area contributed by atoms with Crippen LogP contribution in [0.1, 0.15) is 20.8 Å². The zero-order chi connectivity index (χ0) is 14.0. The van der Waals surface area contributed by atoms with Crippen LogP contribution in [0.25, 0.3) is 0 Å². The molecule has 1 fully saturated rings. The van der Waals surface area contributed by atoms with Crippen LogP contribution in [0.15, 0.2) is 15.5 Å². The highest BCUT2D eigenvalue weighted by Gasteiger charge is 2.32. The monoisotopic (exact) mass is 331 g/mol. The Hall–Kier alpha value is -0.920. The summed E-state index contributed by atoms with van der Waals surface area (Å²) in [6.07, 6.45) is 1.60. The van der Waals surface area contributed by atoms with E-state index in [9.17, 15) is 4.79 Å². The number of aryl methyl sites for hydroxylation is 1. The Kier molecular flexibility index (Phi) is 4.27. The van der Waals surface area contributed by atoms with Gasteiger partial charge in [0.25, 0.3) is 5.56 Å². The Labute approximate surface area is 120 Å². The number of hydrogen-bond acceptors (Lipinski definition) is 5. The van der Waals surface area contributed by atoms with Crippen molar-refractivity contribution in [3.05, 3.63) is 21.0 Å². The molecule has 1 aliphatic rings. The summed E-state index contributed by atoms with van der Waals surface area (Å²) in [6, 6.07) is 0. The maximum atomic E-state index is 11.9. The Balaban J connectivity index is 2.01. The molecule has 0 amide bonds. The van der Waals surface area contributed by atoms with E-state index in [1.165, 1.54) is 4.68 Å². The summed E-state index contributed by atoms with van der Waals surface area (Å²) in [5.74, 6) is -0.534. The minimum atomic E-state index is -0.534. The molecule has 6 nitrogen and oxygen atoms in total. The molecule has 1 atom stereocenters. The molecule has 0 saturated carbocycles. The lowest BCUT2D eigenvalue weighted by molar-refractivity contribution is -0.136. The fourth-order valence-electron chi connectivity index (χ4n) is 1.90. The molecular formula is C12H18BrN3O3. The number of nitrogens with one attached hydrogen (secondary N) is 1. The first-order valence-electron chi connectivity index (χ1n) is 6.24. The number of nitrogens with zero attached hydrogens (tertiary/aromatic N) is 2. The van der Waals surface area contributed by atoms with Crippen molar-refractivity contribution < 1.29 is 9.47 Å². The second kappa shape index (κ2) is 5.60. The maximum absolute atomic E-state index is 11.9. The van der Waals surface area contributed by atoms with Gasteiger partial charge in [-0.25, -0.2) is 4.68 Å². The molecule has 19 heavy (non-hydrogen) atoms. The van der Waals surface area contributed by atoms with Gasteiger partial charge in [0.2, 0.25) is 0 Å². The SMILES string of the molecule is CCn1ncc(NCC2COC(C)(C)O2)c(Br)c1=O. The Morgan fingerprint density at radius 1 is 1.63 bits per heavy atom. The fourth-order valence-corrected chi connectivity index (χ4v) is 2.35. The van der Waals surface area contributed by atoms with Gasteiger partial charge in [-0.2, -0.15) is 5.10 Å². The third-order valence-electron chi connectivity index (χ3n) is 2.87. The van der Waals surface area contributed by atoms with Crippen molar-refractivity contribution in [1.82, 2.24) is 9.78 Å². The zero-order valence-corrected chi connectivity index (χ0v) is 12.9. The third kappa shape index (κ3) is 3.34. The normalized spacial score (nSPS) is 21.6. The van der Waals surface area contributed by atoms with Crippen LogP contribution in [0.2, 0.25) is 0 Å². The number of rotatable bonds is 4. The highest BCUT2D eigenvalue weighted by atomic mass is 79.9. The predicted octanol–water partition coefficient (Wildman–Crippen LogP) is 1.59. The van der Waals surface area contributed by atoms with Crippen molar-refractivity contribution in [2.24, 2.45) is 0 Å². The van der Waals surface area contributed by atoms with Gasteiger partial charge in [-0.3, -0.25) is 4.79 Å². The molecular weight excluding hydrogens is 314 g/mol.